The summed E-state index contributed by atoms with van der Waals surface area (Å²) in [4.78, 5) is 4.71. The zero-order valence-corrected chi connectivity index (χ0v) is 17.3. The average Bonchev–Trinajstić information content (AvgIpc) is 3.11. The Morgan fingerprint density at radius 1 is 0.793 bits per heavy atom. The smallest absolute Gasteiger partial charge is 0.102 e. The van der Waals surface area contributed by atoms with Gasteiger partial charge in [-0.15, -0.1) is 0 Å². The second-order valence-corrected chi connectivity index (χ2v) is 8.01. The normalized spacial score (nSPS) is 11.4. The molecule has 0 spiro atoms. The number of halogens is 1. The van der Waals surface area contributed by atoms with Gasteiger partial charge in [0.05, 0.1) is 16.7 Å². The minimum absolute atomic E-state index is 0.734. The highest BCUT2D eigenvalue weighted by atomic mass is 35.5. The van der Waals surface area contributed by atoms with E-state index in [1.54, 1.807) is 0 Å². The lowest BCUT2D eigenvalue weighted by Crippen LogP contribution is -1.98. The van der Waals surface area contributed by atoms with Crippen LogP contribution in [0.1, 0.15) is 16.7 Å². The quantitative estimate of drug-likeness (QED) is 0.327. The largest absolute Gasteiger partial charge is 0.255 e. The van der Waals surface area contributed by atoms with Crippen molar-refractivity contribution >= 4 is 33.4 Å². The second kappa shape index (κ2) is 6.71. The lowest BCUT2D eigenvalue weighted by Gasteiger charge is -2.08. The van der Waals surface area contributed by atoms with E-state index >= 15 is 0 Å². The third-order valence-electron chi connectivity index (χ3n) is 5.39. The standard InChI is InChI=1S/C25H20ClN3/c1-15-4-8-18(9-5-15)24-21-14-27-23-11-6-16(2)12-20(23)25(21)29(28-24)19-10-7-17(3)22(26)13-19/h4-14H,1-3H3. The van der Waals surface area contributed by atoms with Gasteiger partial charge < -0.3 is 0 Å². The lowest BCUT2D eigenvalue weighted by molar-refractivity contribution is 0.917. The Balaban J connectivity index is 1.90. The van der Waals surface area contributed by atoms with E-state index in [1.165, 1.54) is 11.1 Å². The van der Waals surface area contributed by atoms with E-state index in [-0.39, 0.29) is 0 Å². The zero-order valence-electron chi connectivity index (χ0n) is 16.6. The van der Waals surface area contributed by atoms with Crippen molar-refractivity contribution in [1.29, 1.82) is 0 Å². The zero-order chi connectivity index (χ0) is 20.1. The van der Waals surface area contributed by atoms with Crippen molar-refractivity contribution in [3.05, 3.63) is 88.6 Å². The number of fused-ring (bicyclic) bond motifs is 3. The maximum atomic E-state index is 6.45. The highest BCUT2D eigenvalue weighted by molar-refractivity contribution is 6.31. The maximum Gasteiger partial charge on any atom is 0.102 e. The van der Waals surface area contributed by atoms with Crippen molar-refractivity contribution in [2.75, 3.05) is 0 Å². The molecule has 0 unspecified atom stereocenters. The van der Waals surface area contributed by atoms with Gasteiger partial charge in [-0.2, -0.15) is 5.10 Å². The molecule has 0 aliphatic heterocycles. The summed E-state index contributed by atoms with van der Waals surface area (Å²) in [5.74, 6) is 0. The summed E-state index contributed by atoms with van der Waals surface area (Å²) in [6.45, 7) is 6.20. The van der Waals surface area contributed by atoms with Crippen LogP contribution in [0.4, 0.5) is 0 Å². The van der Waals surface area contributed by atoms with E-state index in [4.69, 9.17) is 21.7 Å². The summed E-state index contributed by atoms with van der Waals surface area (Å²) in [5.41, 5.74) is 8.41. The monoisotopic (exact) mass is 397 g/mol. The molecule has 0 N–H and O–H groups in total. The molecule has 3 nitrogen and oxygen atoms in total. The van der Waals surface area contributed by atoms with Gasteiger partial charge in [0.1, 0.15) is 5.69 Å². The fraction of sp³-hybridized carbons (Fsp3) is 0.120. The number of hydrogen-bond donors (Lipinski definition) is 0. The number of pyridine rings is 1. The van der Waals surface area contributed by atoms with Gasteiger partial charge in [0.2, 0.25) is 0 Å². The predicted octanol–water partition coefficient (Wildman–Crippen LogP) is 6.82. The molecule has 0 aliphatic rings. The molecule has 4 heteroatoms. The molecule has 0 bridgehead atoms. The summed E-state index contributed by atoms with van der Waals surface area (Å²) in [6, 6.07) is 20.9. The Labute approximate surface area is 174 Å². The van der Waals surface area contributed by atoms with E-state index in [9.17, 15) is 0 Å². The van der Waals surface area contributed by atoms with Crippen LogP contribution in [0.3, 0.4) is 0 Å². The Kier molecular flexibility index (Phi) is 4.14. The average molecular weight is 398 g/mol. The van der Waals surface area contributed by atoms with E-state index in [1.807, 2.05) is 29.9 Å². The Hall–Kier alpha value is -3.17. The van der Waals surface area contributed by atoms with Gasteiger partial charge in [0.25, 0.3) is 0 Å². The van der Waals surface area contributed by atoms with Crippen LogP contribution >= 0.6 is 11.6 Å². The van der Waals surface area contributed by atoms with Crippen LogP contribution in [0.5, 0.6) is 0 Å². The first kappa shape index (κ1) is 17.9. The number of hydrogen-bond acceptors (Lipinski definition) is 2. The summed E-state index contributed by atoms with van der Waals surface area (Å²) in [7, 11) is 0. The van der Waals surface area contributed by atoms with Crippen molar-refractivity contribution in [3.8, 4) is 16.9 Å². The molecule has 0 amide bonds. The van der Waals surface area contributed by atoms with Crippen molar-refractivity contribution in [2.45, 2.75) is 20.8 Å². The van der Waals surface area contributed by atoms with Crippen LogP contribution in [0.25, 0.3) is 38.8 Å². The highest BCUT2D eigenvalue weighted by Crippen LogP contribution is 2.34. The third kappa shape index (κ3) is 2.99. The number of rotatable bonds is 2. The van der Waals surface area contributed by atoms with Gasteiger partial charge in [0.15, 0.2) is 0 Å². The number of nitrogens with zero attached hydrogens (tertiary/aromatic N) is 3. The molecule has 0 radical (unpaired) electrons. The van der Waals surface area contributed by atoms with Gasteiger partial charge in [-0.25, -0.2) is 4.68 Å². The van der Waals surface area contributed by atoms with Crippen LogP contribution in [0.2, 0.25) is 5.02 Å². The molecule has 3 aromatic carbocycles. The maximum absolute atomic E-state index is 6.45. The molecule has 0 saturated heterocycles. The first-order valence-electron chi connectivity index (χ1n) is 9.63. The molecule has 0 aliphatic carbocycles. The van der Waals surface area contributed by atoms with Crippen molar-refractivity contribution in [2.24, 2.45) is 0 Å². The van der Waals surface area contributed by atoms with Crippen molar-refractivity contribution in [3.63, 3.8) is 0 Å². The molecule has 0 atom stereocenters. The molecule has 2 aromatic heterocycles. The first-order chi connectivity index (χ1) is 14.0. The summed E-state index contributed by atoms with van der Waals surface area (Å²) in [6.07, 6.45) is 1.93. The number of benzene rings is 3. The molecule has 29 heavy (non-hydrogen) atoms. The van der Waals surface area contributed by atoms with E-state index in [0.29, 0.717) is 0 Å². The van der Waals surface area contributed by atoms with Crippen molar-refractivity contribution in [1.82, 2.24) is 14.8 Å². The van der Waals surface area contributed by atoms with Crippen LogP contribution in [0, 0.1) is 20.8 Å². The molecule has 0 saturated carbocycles. The summed E-state index contributed by atoms with van der Waals surface area (Å²) >= 11 is 6.45. The second-order valence-electron chi connectivity index (χ2n) is 7.60. The molecule has 0 fully saturated rings. The molecule has 5 aromatic rings. The fourth-order valence-corrected chi connectivity index (χ4v) is 3.90. The highest BCUT2D eigenvalue weighted by Gasteiger charge is 2.17. The van der Waals surface area contributed by atoms with Crippen molar-refractivity contribution < 1.29 is 0 Å². The predicted molar refractivity (Wildman–Crippen MR) is 121 cm³/mol. The molecule has 5 rings (SSSR count). The van der Waals surface area contributed by atoms with Crippen LogP contribution < -0.4 is 0 Å². The van der Waals surface area contributed by atoms with Gasteiger partial charge in [0, 0.05) is 27.6 Å². The minimum atomic E-state index is 0.734. The molecular weight excluding hydrogens is 378 g/mol. The molecule has 2 heterocycles. The summed E-state index contributed by atoms with van der Waals surface area (Å²) < 4.78 is 2.00. The van der Waals surface area contributed by atoms with Crippen LogP contribution in [-0.2, 0) is 0 Å². The van der Waals surface area contributed by atoms with Gasteiger partial charge in [-0.05, 0) is 50.6 Å². The van der Waals surface area contributed by atoms with E-state index in [0.717, 1.165) is 49.3 Å². The van der Waals surface area contributed by atoms with Crippen LogP contribution in [0.15, 0.2) is 66.9 Å². The molecule has 142 valence electrons. The first-order valence-corrected chi connectivity index (χ1v) is 10.0. The Morgan fingerprint density at radius 2 is 1.55 bits per heavy atom. The third-order valence-corrected chi connectivity index (χ3v) is 5.79. The number of aromatic nitrogens is 3. The Morgan fingerprint density at radius 3 is 2.31 bits per heavy atom. The molecular formula is C25H20ClN3. The lowest BCUT2D eigenvalue weighted by atomic mass is 10.0. The van der Waals surface area contributed by atoms with Crippen LogP contribution in [-0.4, -0.2) is 14.8 Å². The van der Waals surface area contributed by atoms with Gasteiger partial charge in [-0.1, -0.05) is 59.1 Å². The number of aryl methyl sites for hydroxylation is 3. The SMILES string of the molecule is Cc1ccc(-c2nn(-c3ccc(C)c(Cl)c3)c3c2cnc2ccc(C)cc23)cc1. The minimum Gasteiger partial charge on any atom is -0.255 e. The van der Waals surface area contributed by atoms with E-state index < -0.39 is 0 Å². The van der Waals surface area contributed by atoms with E-state index in [2.05, 4.69) is 62.4 Å². The fourth-order valence-electron chi connectivity index (χ4n) is 3.72. The van der Waals surface area contributed by atoms with Gasteiger partial charge in [-0.3, -0.25) is 4.98 Å². The topological polar surface area (TPSA) is 30.7 Å². The summed E-state index contributed by atoms with van der Waals surface area (Å²) in [5, 5.41) is 7.88. The Bertz CT molecular complexity index is 1380. The van der Waals surface area contributed by atoms with Gasteiger partial charge >= 0.3 is 0 Å².